The highest BCUT2D eigenvalue weighted by molar-refractivity contribution is 7.99. The van der Waals surface area contributed by atoms with Gasteiger partial charge in [0, 0.05) is 36.6 Å². The molecule has 30 heavy (non-hydrogen) atoms. The van der Waals surface area contributed by atoms with Crippen LogP contribution in [-0.2, 0) is 0 Å². The van der Waals surface area contributed by atoms with E-state index >= 15 is 0 Å². The smallest absolute Gasteiger partial charge is 0.366 e. The molecule has 1 fully saturated rings. The Bertz CT molecular complexity index is 946. The number of hydrogen-bond donors (Lipinski definition) is 0. The summed E-state index contributed by atoms with van der Waals surface area (Å²) < 4.78 is 65.7. The van der Waals surface area contributed by atoms with Crippen LogP contribution in [0.25, 0.3) is 0 Å². The van der Waals surface area contributed by atoms with E-state index in [1.807, 2.05) is 0 Å². The number of alkyl halides is 3. The van der Waals surface area contributed by atoms with Gasteiger partial charge >= 0.3 is 6.18 Å². The first-order valence-corrected chi connectivity index (χ1v) is 10.4. The molecule has 0 radical (unpaired) electrons. The summed E-state index contributed by atoms with van der Waals surface area (Å²) in [6, 6.07) is 6.46. The van der Waals surface area contributed by atoms with E-state index in [1.54, 1.807) is 11.8 Å². The normalized spacial score (nSPS) is 14.9. The van der Waals surface area contributed by atoms with Gasteiger partial charge in [-0.15, -0.1) is 11.8 Å². The molecule has 3 rings (SSSR count). The van der Waals surface area contributed by atoms with Crippen LogP contribution in [0.5, 0.6) is 0 Å². The lowest BCUT2D eigenvalue weighted by atomic mass is 10.1. The van der Waals surface area contributed by atoms with Crippen LogP contribution in [0, 0.1) is 18.6 Å². The molecule has 0 unspecified atom stereocenters. The monoisotopic (exact) mass is 464 g/mol. The van der Waals surface area contributed by atoms with Crippen LogP contribution in [0.1, 0.15) is 15.9 Å². The molecule has 10 heteroatoms. The highest BCUT2D eigenvalue weighted by Crippen LogP contribution is 2.34. The van der Waals surface area contributed by atoms with Crippen LogP contribution in [-0.4, -0.2) is 48.9 Å². The maximum absolute atomic E-state index is 14.5. The highest BCUT2D eigenvalue weighted by Gasteiger charge is 2.29. The number of anilines is 1. The van der Waals surface area contributed by atoms with Crippen LogP contribution in [0.4, 0.5) is 27.6 Å². The molecule has 0 aliphatic carbocycles. The molecule has 2 aromatic carbocycles. The molecule has 162 valence electrons. The van der Waals surface area contributed by atoms with Gasteiger partial charge in [0.2, 0.25) is 0 Å². The Morgan fingerprint density at radius 1 is 1.07 bits per heavy atom. The van der Waals surface area contributed by atoms with Crippen molar-refractivity contribution in [2.45, 2.75) is 18.0 Å². The molecule has 0 saturated carbocycles. The molecule has 0 bridgehead atoms. The molecule has 1 heterocycles. The van der Waals surface area contributed by atoms with Gasteiger partial charge in [-0.05, 0) is 42.8 Å². The molecular formula is C20H18ClF5N2OS. The average molecular weight is 465 g/mol. The Hall–Kier alpha value is -2.00. The minimum Gasteiger partial charge on any atom is -0.366 e. The number of nitrogens with zero attached hydrogens (tertiary/aromatic N) is 2. The summed E-state index contributed by atoms with van der Waals surface area (Å²) >= 11 is 6.25. The molecule has 3 nitrogen and oxygen atoms in total. The van der Waals surface area contributed by atoms with Gasteiger partial charge in [0.1, 0.15) is 11.6 Å². The number of amides is 1. The first kappa shape index (κ1) is 22.7. The lowest BCUT2D eigenvalue weighted by Gasteiger charge is -2.36. The number of carbonyl (C=O) groups excluding carboxylic acids is 1. The number of hydrogen-bond acceptors (Lipinski definition) is 3. The van der Waals surface area contributed by atoms with Gasteiger partial charge in [-0.3, -0.25) is 4.79 Å². The number of carbonyl (C=O) groups is 1. The van der Waals surface area contributed by atoms with Crippen LogP contribution in [0.3, 0.4) is 0 Å². The maximum Gasteiger partial charge on any atom is 0.398 e. The molecule has 0 atom stereocenters. The van der Waals surface area contributed by atoms with E-state index in [2.05, 4.69) is 0 Å². The van der Waals surface area contributed by atoms with Crippen molar-refractivity contribution >= 4 is 35.0 Å². The Morgan fingerprint density at radius 3 is 2.33 bits per heavy atom. The maximum atomic E-state index is 14.5. The van der Waals surface area contributed by atoms with Gasteiger partial charge in [0.25, 0.3) is 5.91 Å². The SMILES string of the molecule is Cc1cc(F)c(N2CCN(C(=O)c3ccc(Cl)c(F)c3)CC2)cc1SCC(F)(F)F. The number of piperazine rings is 1. The Kier molecular flexibility index (Phi) is 6.81. The van der Waals surface area contributed by atoms with Crippen LogP contribution < -0.4 is 4.90 Å². The Labute approximate surface area is 179 Å². The average Bonchev–Trinajstić information content (AvgIpc) is 2.68. The second-order valence-electron chi connectivity index (χ2n) is 6.88. The molecule has 1 saturated heterocycles. The van der Waals surface area contributed by atoms with E-state index in [-0.39, 0.29) is 35.3 Å². The molecule has 0 N–H and O–H groups in total. The first-order valence-electron chi connectivity index (χ1n) is 9.04. The lowest BCUT2D eigenvalue weighted by molar-refractivity contribution is -0.105. The third kappa shape index (κ3) is 5.37. The highest BCUT2D eigenvalue weighted by atomic mass is 35.5. The molecule has 2 aromatic rings. The number of benzene rings is 2. The topological polar surface area (TPSA) is 23.6 Å². The largest absolute Gasteiger partial charge is 0.398 e. The quantitative estimate of drug-likeness (QED) is 0.438. The standard InChI is InChI=1S/C20H18ClF5N2OS/c1-12-8-16(23)17(10-18(12)30-11-20(24,25)26)27-4-6-28(7-5-27)19(29)13-2-3-14(21)15(22)9-13/h2-3,8-10H,4-7,11H2,1H3. The van der Waals surface area contributed by atoms with Gasteiger partial charge in [0.05, 0.1) is 16.5 Å². The summed E-state index contributed by atoms with van der Waals surface area (Å²) in [5.41, 5.74) is 0.802. The van der Waals surface area contributed by atoms with Crippen molar-refractivity contribution in [3.8, 4) is 0 Å². The predicted octanol–water partition coefficient (Wildman–Crippen LogP) is 5.54. The Balaban J connectivity index is 1.69. The van der Waals surface area contributed by atoms with Crippen LogP contribution in [0.2, 0.25) is 5.02 Å². The van der Waals surface area contributed by atoms with Gasteiger partial charge in [0.15, 0.2) is 0 Å². The van der Waals surface area contributed by atoms with Crippen molar-refractivity contribution in [1.82, 2.24) is 4.90 Å². The predicted molar refractivity (Wildman–Crippen MR) is 107 cm³/mol. The van der Waals surface area contributed by atoms with Crippen molar-refractivity contribution in [3.63, 3.8) is 0 Å². The molecule has 1 aliphatic rings. The van der Waals surface area contributed by atoms with Crippen molar-refractivity contribution < 1.29 is 26.7 Å². The van der Waals surface area contributed by atoms with E-state index < -0.39 is 23.6 Å². The van der Waals surface area contributed by atoms with E-state index in [4.69, 9.17) is 11.6 Å². The Morgan fingerprint density at radius 2 is 1.73 bits per heavy atom. The second-order valence-corrected chi connectivity index (χ2v) is 8.31. The zero-order chi connectivity index (χ0) is 22.1. The fourth-order valence-corrected chi connectivity index (χ4v) is 4.08. The van der Waals surface area contributed by atoms with Crippen molar-refractivity contribution in [3.05, 3.63) is 58.1 Å². The van der Waals surface area contributed by atoms with Crippen molar-refractivity contribution in [1.29, 1.82) is 0 Å². The van der Waals surface area contributed by atoms with Gasteiger partial charge in [-0.1, -0.05) is 11.6 Å². The van der Waals surface area contributed by atoms with Crippen molar-refractivity contribution in [2.24, 2.45) is 0 Å². The minimum absolute atomic E-state index is 0.0783. The molecular weight excluding hydrogens is 447 g/mol. The molecule has 1 aliphatic heterocycles. The van der Waals surface area contributed by atoms with Gasteiger partial charge in [-0.2, -0.15) is 13.2 Å². The van der Waals surface area contributed by atoms with E-state index in [0.29, 0.717) is 35.3 Å². The van der Waals surface area contributed by atoms with Crippen LogP contribution >= 0.6 is 23.4 Å². The fourth-order valence-electron chi connectivity index (χ4n) is 3.16. The van der Waals surface area contributed by atoms with E-state index in [1.165, 1.54) is 29.2 Å². The molecule has 1 amide bonds. The third-order valence-corrected chi connectivity index (χ3v) is 6.24. The van der Waals surface area contributed by atoms with E-state index in [9.17, 15) is 26.7 Å². The van der Waals surface area contributed by atoms with Gasteiger partial charge in [-0.25, -0.2) is 8.78 Å². The number of aryl methyl sites for hydroxylation is 1. The third-order valence-electron chi connectivity index (χ3n) is 4.71. The second kappa shape index (κ2) is 9.01. The summed E-state index contributed by atoms with van der Waals surface area (Å²) in [6.45, 7) is 2.69. The first-order chi connectivity index (χ1) is 14.0. The molecule has 0 spiro atoms. The zero-order valence-electron chi connectivity index (χ0n) is 15.9. The lowest BCUT2D eigenvalue weighted by Crippen LogP contribution is -2.49. The molecule has 0 aromatic heterocycles. The van der Waals surface area contributed by atoms with E-state index in [0.717, 1.165) is 6.07 Å². The number of rotatable bonds is 4. The summed E-state index contributed by atoms with van der Waals surface area (Å²) in [5, 5.41) is -0.0783. The fraction of sp³-hybridized carbons (Fsp3) is 0.350. The minimum atomic E-state index is -4.32. The van der Waals surface area contributed by atoms with Crippen LogP contribution in [0.15, 0.2) is 35.2 Å². The summed E-state index contributed by atoms with van der Waals surface area (Å²) in [6.07, 6.45) is -4.32. The number of thioether (sulfide) groups is 1. The van der Waals surface area contributed by atoms with Gasteiger partial charge < -0.3 is 9.80 Å². The number of halogens is 6. The summed E-state index contributed by atoms with van der Waals surface area (Å²) in [4.78, 5) is 16.1. The summed E-state index contributed by atoms with van der Waals surface area (Å²) in [5.74, 6) is -2.63. The zero-order valence-corrected chi connectivity index (χ0v) is 17.5. The summed E-state index contributed by atoms with van der Waals surface area (Å²) in [7, 11) is 0. The van der Waals surface area contributed by atoms with Crippen molar-refractivity contribution in [2.75, 3.05) is 36.8 Å².